The summed E-state index contributed by atoms with van der Waals surface area (Å²) in [5.41, 5.74) is 0. The van der Waals surface area contributed by atoms with Crippen LogP contribution in [0.4, 0.5) is 0 Å². The molecule has 0 aliphatic heterocycles. The Balaban J connectivity index is 2.48. The first-order valence-electron chi connectivity index (χ1n) is 7.04. The molecule has 96 valence electrons. The van der Waals surface area contributed by atoms with Gasteiger partial charge in [0.2, 0.25) is 0 Å². The van der Waals surface area contributed by atoms with Crippen LogP contribution in [-0.2, 0) is 4.74 Å². The van der Waals surface area contributed by atoms with Crippen LogP contribution in [0.1, 0.15) is 53.4 Å². The summed E-state index contributed by atoms with van der Waals surface area (Å²) in [7, 11) is 0. The molecule has 1 rings (SSSR count). The van der Waals surface area contributed by atoms with E-state index in [9.17, 15) is 0 Å². The molecule has 0 aromatic rings. The molecule has 0 amide bonds. The first kappa shape index (κ1) is 14.0. The van der Waals surface area contributed by atoms with Crippen LogP contribution >= 0.6 is 0 Å². The minimum absolute atomic E-state index is 0.380. The quantitative estimate of drug-likeness (QED) is 0.687. The van der Waals surface area contributed by atoms with Crippen LogP contribution in [0.3, 0.4) is 0 Å². The Bertz CT molecular complexity index is 178. The third kappa shape index (κ3) is 4.06. The Morgan fingerprint density at radius 2 is 1.94 bits per heavy atom. The highest BCUT2D eigenvalue weighted by atomic mass is 16.5. The molecule has 16 heavy (non-hydrogen) atoms. The van der Waals surface area contributed by atoms with Gasteiger partial charge in [0.25, 0.3) is 0 Å². The molecule has 0 spiro atoms. The van der Waals surface area contributed by atoms with Gasteiger partial charge in [0.1, 0.15) is 0 Å². The van der Waals surface area contributed by atoms with E-state index in [1.54, 1.807) is 0 Å². The first-order valence-corrected chi connectivity index (χ1v) is 7.04. The lowest BCUT2D eigenvalue weighted by Gasteiger charge is -2.36. The van der Waals surface area contributed by atoms with Gasteiger partial charge in [-0.3, -0.25) is 0 Å². The van der Waals surface area contributed by atoms with Gasteiger partial charge in [-0.25, -0.2) is 0 Å². The highest BCUT2D eigenvalue weighted by Gasteiger charge is 2.29. The maximum absolute atomic E-state index is 5.93. The van der Waals surface area contributed by atoms with Gasteiger partial charge in [-0.2, -0.15) is 0 Å². The van der Waals surface area contributed by atoms with Crippen molar-refractivity contribution in [2.75, 3.05) is 13.2 Å². The molecule has 2 heteroatoms. The van der Waals surface area contributed by atoms with Gasteiger partial charge in [0.15, 0.2) is 0 Å². The minimum atomic E-state index is 0.380. The van der Waals surface area contributed by atoms with E-state index in [0.29, 0.717) is 18.1 Å². The summed E-state index contributed by atoms with van der Waals surface area (Å²) in [4.78, 5) is 0. The van der Waals surface area contributed by atoms with Crippen LogP contribution in [0.2, 0.25) is 0 Å². The van der Waals surface area contributed by atoms with E-state index in [1.165, 1.54) is 25.7 Å². The Morgan fingerprint density at radius 3 is 2.31 bits per heavy atom. The Hall–Kier alpha value is -0.0800. The summed E-state index contributed by atoms with van der Waals surface area (Å²) >= 11 is 0. The van der Waals surface area contributed by atoms with Crippen molar-refractivity contribution in [3.63, 3.8) is 0 Å². The monoisotopic (exact) mass is 227 g/mol. The molecule has 0 aromatic heterocycles. The summed E-state index contributed by atoms with van der Waals surface area (Å²) in [6, 6.07) is 0.551. The Labute approximate surface area is 101 Å². The van der Waals surface area contributed by atoms with Gasteiger partial charge >= 0.3 is 0 Å². The minimum Gasteiger partial charge on any atom is -0.377 e. The predicted molar refractivity (Wildman–Crippen MR) is 69.7 cm³/mol. The Morgan fingerprint density at radius 1 is 1.25 bits per heavy atom. The molecule has 0 bridgehead atoms. The summed E-state index contributed by atoms with van der Waals surface area (Å²) in [5.74, 6) is 1.55. The van der Waals surface area contributed by atoms with Gasteiger partial charge in [-0.15, -0.1) is 0 Å². The average Bonchev–Trinajstić information content (AvgIpc) is 2.18. The van der Waals surface area contributed by atoms with Crippen LogP contribution in [0, 0.1) is 11.8 Å². The molecule has 0 saturated heterocycles. The van der Waals surface area contributed by atoms with E-state index in [4.69, 9.17) is 4.74 Å². The van der Waals surface area contributed by atoms with Crippen LogP contribution in [0.25, 0.3) is 0 Å². The topological polar surface area (TPSA) is 21.3 Å². The first-order chi connectivity index (χ1) is 7.69. The SMILES string of the molecule is CCNC(CC1CCC1)C(OCC)C(C)C. The number of ether oxygens (including phenoxy) is 1. The number of hydrogen-bond acceptors (Lipinski definition) is 2. The summed E-state index contributed by atoms with van der Waals surface area (Å²) in [6.45, 7) is 10.7. The van der Waals surface area contributed by atoms with Crippen molar-refractivity contribution in [2.24, 2.45) is 11.8 Å². The van der Waals surface area contributed by atoms with Gasteiger partial charge in [-0.1, -0.05) is 40.0 Å². The van der Waals surface area contributed by atoms with E-state index >= 15 is 0 Å². The molecule has 1 aliphatic carbocycles. The fourth-order valence-corrected chi connectivity index (χ4v) is 2.65. The molecule has 1 N–H and O–H groups in total. The second-order valence-corrected chi connectivity index (χ2v) is 5.36. The summed E-state index contributed by atoms with van der Waals surface area (Å²) < 4.78 is 5.93. The van der Waals surface area contributed by atoms with E-state index in [1.807, 2.05) is 0 Å². The molecule has 0 radical (unpaired) electrons. The summed E-state index contributed by atoms with van der Waals surface area (Å²) in [6.07, 6.45) is 5.98. The zero-order chi connectivity index (χ0) is 12.0. The normalized spacial score (nSPS) is 20.8. The van der Waals surface area contributed by atoms with Gasteiger partial charge in [0.05, 0.1) is 6.10 Å². The van der Waals surface area contributed by atoms with E-state index < -0.39 is 0 Å². The number of hydrogen-bond donors (Lipinski definition) is 1. The van der Waals surface area contributed by atoms with Crippen molar-refractivity contribution in [1.82, 2.24) is 5.32 Å². The van der Waals surface area contributed by atoms with Gasteiger partial charge in [0, 0.05) is 12.6 Å². The van der Waals surface area contributed by atoms with Gasteiger partial charge in [-0.05, 0) is 31.7 Å². The molecular formula is C14H29NO. The van der Waals surface area contributed by atoms with Crippen LogP contribution in [0.15, 0.2) is 0 Å². The molecule has 1 saturated carbocycles. The fourth-order valence-electron chi connectivity index (χ4n) is 2.65. The predicted octanol–water partition coefficient (Wildman–Crippen LogP) is 3.22. The van der Waals surface area contributed by atoms with Crippen molar-refractivity contribution >= 4 is 0 Å². The van der Waals surface area contributed by atoms with Crippen molar-refractivity contribution in [3.05, 3.63) is 0 Å². The molecule has 2 nitrogen and oxygen atoms in total. The van der Waals surface area contributed by atoms with E-state index in [-0.39, 0.29) is 0 Å². The van der Waals surface area contributed by atoms with Crippen molar-refractivity contribution in [3.8, 4) is 0 Å². The van der Waals surface area contributed by atoms with Crippen LogP contribution < -0.4 is 5.32 Å². The molecule has 2 unspecified atom stereocenters. The van der Waals surface area contributed by atoms with Crippen LogP contribution in [-0.4, -0.2) is 25.3 Å². The molecule has 1 aliphatic rings. The Kier molecular flexibility index (Phi) is 6.37. The van der Waals surface area contributed by atoms with Crippen molar-refractivity contribution in [2.45, 2.75) is 65.5 Å². The van der Waals surface area contributed by atoms with E-state index in [2.05, 4.69) is 33.0 Å². The zero-order valence-electron chi connectivity index (χ0n) is 11.5. The maximum atomic E-state index is 5.93. The molecule has 2 atom stereocenters. The summed E-state index contributed by atoms with van der Waals surface area (Å²) in [5, 5.41) is 3.62. The second kappa shape index (κ2) is 7.29. The highest BCUT2D eigenvalue weighted by molar-refractivity contribution is 4.84. The van der Waals surface area contributed by atoms with Gasteiger partial charge < -0.3 is 10.1 Å². The number of rotatable bonds is 8. The van der Waals surface area contributed by atoms with Crippen LogP contribution in [0.5, 0.6) is 0 Å². The standard InChI is InChI=1S/C14H29NO/c1-5-15-13(10-12-8-7-9-12)14(11(3)4)16-6-2/h11-15H,5-10H2,1-4H3. The molecule has 0 heterocycles. The molecular weight excluding hydrogens is 198 g/mol. The third-order valence-electron chi connectivity index (χ3n) is 3.69. The largest absolute Gasteiger partial charge is 0.377 e. The lowest BCUT2D eigenvalue weighted by molar-refractivity contribution is -0.00519. The lowest BCUT2D eigenvalue weighted by Crippen LogP contribution is -2.46. The average molecular weight is 227 g/mol. The fraction of sp³-hybridized carbons (Fsp3) is 1.00. The number of nitrogens with one attached hydrogen (secondary N) is 1. The van der Waals surface area contributed by atoms with E-state index in [0.717, 1.165) is 19.1 Å². The number of likely N-dealkylation sites (N-methyl/N-ethyl adjacent to an activating group) is 1. The van der Waals surface area contributed by atoms with Crippen molar-refractivity contribution in [1.29, 1.82) is 0 Å². The second-order valence-electron chi connectivity index (χ2n) is 5.36. The lowest BCUT2D eigenvalue weighted by atomic mass is 9.78. The molecule has 1 fully saturated rings. The maximum Gasteiger partial charge on any atom is 0.0750 e. The zero-order valence-corrected chi connectivity index (χ0v) is 11.5. The third-order valence-corrected chi connectivity index (χ3v) is 3.69. The van der Waals surface area contributed by atoms with Crippen molar-refractivity contribution < 1.29 is 4.74 Å². The smallest absolute Gasteiger partial charge is 0.0750 e. The molecule has 0 aromatic carbocycles. The highest BCUT2D eigenvalue weighted by Crippen LogP contribution is 2.32.